The van der Waals surface area contributed by atoms with Crippen LogP contribution in [0.5, 0.6) is 5.75 Å². The number of amides is 2. The molecular formula is C22H29BrN4O2. The molecule has 6 nitrogen and oxygen atoms in total. The highest BCUT2D eigenvalue weighted by Crippen LogP contribution is 2.29. The summed E-state index contributed by atoms with van der Waals surface area (Å²) in [6.07, 6.45) is 0.916. The van der Waals surface area contributed by atoms with Gasteiger partial charge in [-0.15, -0.1) is 0 Å². The molecule has 3 N–H and O–H groups in total. The molecule has 0 unspecified atom stereocenters. The SMILES string of the molecule is CCN(C(N)=O)N1CC[C@H](NCc2cc(Br)ccc2OC)[C@H](c2ccccc2)C1. The quantitative estimate of drug-likeness (QED) is 0.660. The highest BCUT2D eigenvalue weighted by molar-refractivity contribution is 9.10. The fourth-order valence-electron chi connectivity index (χ4n) is 4.06. The van der Waals surface area contributed by atoms with Crippen LogP contribution in [0.15, 0.2) is 53.0 Å². The van der Waals surface area contributed by atoms with Crippen molar-refractivity contribution in [2.24, 2.45) is 5.73 Å². The van der Waals surface area contributed by atoms with Crippen LogP contribution in [0.1, 0.15) is 30.4 Å². The fourth-order valence-corrected chi connectivity index (χ4v) is 4.47. The van der Waals surface area contributed by atoms with Crippen LogP contribution in [-0.2, 0) is 6.54 Å². The van der Waals surface area contributed by atoms with E-state index in [0.717, 1.165) is 35.3 Å². The minimum Gasteiger partial charge on any atom is -0.496 e. The summed E-state index contributed by atoms with van der Waals surface area (Å²) in [6.45, 7) is 4.77. The lowest BCUT2D eigenvalue weighted by Crippen LogP contribution is -2.56. The molecule has 156 valence electrons. The summed E-state index contributed by atoms with van der Waals surface area (Å²) < 4.78 is 6.55. The van der Waals surface area contributed by atoms with Crippen molar-refractivity contribution in [2.45, 2.75) is 31.8 Å². The van der Waals surface area contributed by atoms with Gasteiger partial charge in [-0.1, -0.05) is 46.3 Å². The first-order valence-corrected chi connectivity index (χ1v) is 10.7. The topological polar surface area (TPSA) is 70.8 Å². The van der Waals surface area contributed by atoms with Crippen LogP contribution >= 0.6 is 15.9 Å². The van der Waals surface area contributed by atoms with E-state index in [0.29, 0.717) is 13.1 Å². The molecule has 29 heavy (non-hydrogen) atoms. The molecule has 2 aromatic carbocycles. The third kappa shape index (κ3) is 5.29. The zero-order valence-corrected chi connectivity index (χ0v) is 18.6. The first-order chi connectivity index (χ1) is 14.0. The molecule has 0 aromatic heterocycles. The first kappa shape index (κ1) is 21.6. The van der Waals surface area contributed by atoms with Crippen LogP contribution < -0.4 is 15.8 Å². The van der Waals surface area contributed by atoms with Crippen LogP contribution in [0, 0.1) is 0 Å². The minimum absolute atomic E-state index is 0.247. The molecule has 0 radical (unpaired) electrons. The summed E-state index contributed by atoms with van der Waals surface area (Å²) in [5.74, 6) is 1.12. The number of halogens is 1. The van der Waals surface area contributed by atoms with Crippen molar-refractivity contribution in [1.82, 2.24) is 15.3 Å². The first-order valence-electron chi connectivity index (χ1n) is 9.96. The van der Waals surface area contributed by atoms with E-state index >= 15 is 0 Å². The van der Waals surface area contributed by atoms with E-state index in [1.165, 1.54) is 5.56 Å². The molecule has 1 aliphatic rings. The molecule has 3 rings (SSSR count). The van der Waals surface area contributed by atoms with E-state index in [2.05, 4.69) is 56.6 Å². The van der Waals surface area contributed by atoms with Gasteiger partial charge in [-0.2, -0.15) is 0 Å². The normalized spacial score (nSPS) is 19.7. The maximum atomic E-state index is 11.8. The largest absolute Gasteiger partial charge is 0.496 e. The average molecular weight is 461 g/mol. The van der Waals surface area contributed by atoms with E-state index < -0.39 is 6.03 Å². The van der Waals surface area contributed by atoms with Crippen LogP contribution in [0.4, 0.5) is 4.79 Å². The lowest BCUT2D eigenvalue weighted by atomic mass is 9.86. The molecule has 1 aliphatic heterocycles. The number of hydrogen-bond acceptors (Lipinski definition) is 4. The average Bonchev–Trinajstić information content (AvgIpc) is 2.73. The van der Waals surface area contributed by atoms with E-state index in [-0.39, 0.29) is 12.0 Å². The van der Waals surface area contributed by atoms with E-state index in [4.69, 9.17) is 10.5 Å². The Hall–Kier alpha value is -2.09. The van der Waals surface area contributed by atoms with Gasteiger partial charge in [0.25, 0.3) is 0 Å². The van der Waals surface area contributed by atoms with Gasteiger partial charge in [-0.05, 0) is 37.1 Å². The maximum absolute atomic E-state index is 11.8. The van der Waals surface area contributed by atoms with Gasteiger partial charge in [0.05, 0.1) is 7.11 Å². The van der Waals surface area contributed by atoms with Gasteiger partial charge in [0.1, 0.15) is 5.75 Å². The molecule has 2 amide bonds. The smallest absolute Gasteiger partial charge is 0.329 e. The summed E-state index contributed by atoms with van der Waals surface area (Å²) >= 11 is 3.55. The van der Waals surface area contributed by atoms with Crippen molar-refractivity contribution < 1.29 is 9.53 Å². The molecule has 0 saturated carbocycles. The molecule has 2 atom stereocenters. The summed E-state index contributed by atoms with van der Waals surface area (Å²) in [5.41, 5.74) is 7.96. The molecule has 0 bridgehead atoms. The lowest BCUT2D eigenvalue weighted by Gasteiger charge is -2.43. The Balaban J connectivity index is 1.78. The number of benzene rings is 2. The van der Waals surface area contributed by atoms with Gasteiger partial charge in [-0.25, -0.2) is 9.80 Å². The standard InChI is InChI=1S/C22H29BrN4O2/c1-3-27(22(24)28)26-12-11-20(19(15-26)16-7-5-4-6-8-16)25-14-17-13-18(23)9-10-21(17)29-2/h4-10,13,19-20,25H,3,11-12,14-15H2,1-2H3,(H2,24,28)/t19-,20-/m0/s1. The number of hydrazine groups is 1. The van der Waals surface area contributed by atoms with E-state index in [1.54, 1.807) is 12.1 Å². The number of nitrogens with zero attached hydrogens (tertiary/aromatic N) is 2. The third-order valence-corrected chi connectivity index (χ3v) is 6.00. The number of nitrogens with two attached hydrogens (primary N) is 1. The summed E-state index contributed by atoms with van der Waals surface area (Å²) in [7, 11) is 1.70. The van der Waals surface area contributed by atoms with Gasteiger partial charge in [0.15, 0.2) is 0 Å². The molecule has 1 heterocycles. The number of rotatable bonds is 7. The third-order valence-electron chi connectivity index (χ3n) is 5.51. The number of carbonyl (C=O) groups is 1. The Morgan fingerprint density at radius 3 is 2.72 bits per heavy atom. The second-order valence-electron chi connectivity index (χ2n) is 7.22. The summed E-state index contributed by atoms with van der Waals surface area (Å²) in [6, 6.07) is 16.4. The van der Waals surface area contributed by atoms with Gasteiger partial charge < -0.3 is 15.8 Å². The molecule has 0 spiro atoms. The Morgan fingerprint density at radius 1 is 1.31 bits per heavy atom. The molecule has 7 heteroatoms. The highest BCUT2D eigenvalue weighted by Gasteiger charge is 2.33. The highest BCUT2D eigenvalue weighted by atomic mass is 79.9. The Morgan fingerprint density at radius 2 is 2.07 bits per heavy atom. The molecule has 1 fully saturated rings. The number of nitrogens with one attached hydrogen (secondary N) is 1. The Bertz CT molecular complexity index is 818. The zero-order chi connectivity index (χ0) is 20.8. The van der Waals surface area contributed by atoms with Crippen molar-refractivity contribution in [1.29, 1.82) is 0 Å². The summed E-state index contributed by atoms with van der Waals surface area (Å²) in [4.78, 5) is 11.8. The van der Waals surface area contributed by atoms with E-state index in [9.17, 15) is 4.79 Å². The van der Waals surface area contributed by atoms with Crippen molar-refractivity contribution in [3.8, 4) is 5.75 Å². The predicted molar refractivity (Wildman–Crippen MR) is 119 cm³/mol. The molecule has 2 aromatic rings. The van der Waals surface area contributed by atoms with Gasteiger partial charge >= 0.3 is 6.03 Å². The van der Waals surface area contributed by atoms with Gasteiger partial charge in [-0.3, -0.25) is 5.01 Å². The van der Waals surface area contributed by atoms with Crippen LogP contribution in [0.2, 0.25) is 0 Å². The van der Waals surface area contributed by atoms with Gasteiger partial charge in [0, 0.05) is 48.2 Å². The Kier molecular flexibility index (Phi) is 7.52. The molecule has 1 saturated heterocycles. The number of hydrogen-bond donors (Lipinski definition) is 2. The molecular weight excluding hydrogens is 432 g/mol. The predicted octanol–water partition coefficient (Wildman–Crippen LogP) is 3.72. The fraction of sp³-hybridized carbons (Fsp3) is 0.409. The monoisotopic (exact) mass is 460 g/mol. The van der Waals surface area contributed by atoms with E-state index in [1.807, 2.05) is 25.1 Å². The molecule has 0 aliphatic carbocycles. The zero-order valence-electron chi connectivity index (χ0n) is 17.0. The number of piperidine rings is 1. The minimum atomic E-state index is -0.399. The second-order valence-corrected chi connectivity index (χ2v) is 8.13. The lowest BCUT2D eigenvalue weighted by molar-refractivity contribution is -0.00962. The van der Waals surface area contributed by atoms with Crippen LogP contribution in [-0.4, -0.2) is 48.8 Å². The summed E-state index contributed by atoms with van der Waals surface area (Å²) in [5, 5.41) is 7.46. The number of ether oxygens (including phenoxy) is 1. The van der Waals surface area contributed by atoms with Crippen LogP contribution in [0.3, 0.4) is 0 Å². The van der Waals surface area contributed by atoms with Crippen molar-refractivity contribution >= 4 is 22.0 Å². The Labute approximate surface area is 181 Å². The number of methoxy groups -OCH3 is 1. The van der Waals surface area contributed by atoms with Gasteiger partial charge in [0.2, 0.25) is 0 Å². The van der Waals surface area contributed by atoms with Crippen LogP contribution in [0.25, 0.3) is 0 Å². The second kappa shape index (κ2) is 10.1. The number of urea groups is 1. The van der Waals surface area contributed by atoms with Crippen molar-refractivity contribution in [2.75, 3.05) is 26.7 Å². The number of carbonyl (C=O) groups excluding carboxylic acids is 1. The maximum Gasteiger partial charge on any atom is 0.329 e. The van der Waals surface area contributed by atoms with Crippen molar-refractivity contribution in [3.63, 3.8) is 0 Å². The van der Waals surface area contributed by atoms with Crippen molar-refractivity contribution in [3.05, 3.63) is 64.1 Å². The number of primary amides is 1.